The van der Waals surface area contributed by atoms with Gasteiger partial charge in [0.15, 0.2) is 28.3 Å². The van der Waals surface area contributed by atoms with Crippen LogP contribution >= 0.6 is 15.6 Å². The summed E-state index contributed by atoms with van der Waals surface area (Å²) in [5, 5.41) is 0. The molecule has 0 spiro atoms. The molecule has 4 N–H and O–H groups in total. The molecule has 2 unspecified atom stereocenters. The van der Waals surface area contributed by atoms with Crippen LogP contribution < -0.4 is 5.73 Å². The second-order valence-electron chi connectivity index (χ2n) is 10.6. The average molecular weight is 681 g/mol. The molecule has 0 aromatic carbocycles. The van der Waals surface area contributed by atoms with Crippen molar-refractivity contribution < 1.29 is 46.5 Å². The Morgan fingerprint density at radius 3 is 2.46 bits per heavy atom. The predicted molar refractivity (Wildman–Crippen MR) is 156 cm³/mol. The smallest absolute Gasteiger partial charge is 0.382 e. The highest BCUT2D eigenvalue weighted by molar-refractivity contribution is 7.47. The lowest BCUT2D eigenvalue weighted by Gasteiger charge is -2.22. The highest BCUT2D eigenvalue weighted by Crippen LogP contribution is 2.50. The zero-order valence-corrected chi connectivity index (χ0v) is 26.0. The van der Waals surface area contributed by atoms with Crippen LogP contribution in [0.2, 0.25) is 0 Å². The van der Waals surface area contributed by atoms with E-state index in [-0.39, 0.29) is 25.5 Å². The minimum Gasteiger partial charge on any atom is -0.382 e. The fourth-order valence-corrected chi connectivity index (χ4v) is 7.25. The van der Waals surface area contributed by atoms with E-state index in [1.165, 1.54) is 19.6 Å². The highest BCUT2D eigenvalue weighted by Gasteiger charge is 2.44. The molecular formula is C24H30N10O10P2. The Morgan fingerprint density at radius 1 is 0.870 bits per heavy atom. The maximum Gasteiger partial charge on any atom is 0.472 e. The van der Waals surface area contributed by atoms with Gasteiger partial charge in [0.2, 0.25) is 0 Å². The molecule has 0 radical (unpaired) electrons. The van der Waals surface area contributed by atoms with Crippen LogP contribution in [0.15, 0.2) is 37.7 Å². The fraction of sp³-hybridized carbons (Fsp3) is 0.500. The third-order valence-corrected chi connectivity index (χ3v) is 9.68. The van der Waals surface area contributed by atoms with Crippen molar-refractivity contribution in [2.75, 3.05) is 25.6 Å². The molecule has 7 atom stereocenters. The lowest BCUT2D eigenvalue weighted by Crippen LogP contribution is -2.29. The standard InChI is InChI=1S/C24H30N10O10P2/c1-2-39-45(35,36)41-9-16-15(7-18(43-16)34-13-30-20-22-26-5-6-32(22)11-31-24(20)34)44-46(37,38)40-8-14-3-4-17(42-14)33-12-29-19-21(25)27-10-28-23(19)33/h5-6,10-18H,2-4,7-9H2,1H3,(H,35,36)(H,37,38)(H2,25,27,28)/t14-,15-,16+,17+,18+/m0/s1. The Labute approximate surface area is 259 Å². The summed E-state index contributed by atoms with van der Waals surface area (Å²) < 4.78 is 63.3. The third kappa shape index (κ3) is 6.16. The molecule has 20 nitrogen and oxygen atoms in total. The number of phosphoric ester groups is 2. The summed E-state index contributed by atoms with van der Waals surface area (Å²) in [6, 6.07) is 0. The molecule has 2 aliphatic rings. The van der Waals surface area contributed by atoms with E-state index in [1.807, 2.05) is 0 Å². The van der Waals surface area contributed by atoms with E-state index < -0.39 is 53.0 Å². The van der Waals surface area contributed by atoms with Crippen LogP contribution in [-0.2, 0) is 36.7 Å². The molecule has 0 bridgehead atoms. The first-order valence-electron chi connectivity index (χ1n) is 14.3. The maximum atomic E-state index is 13.2. The van der Waals surface area contributed by atoms with Crippen LogP contribution in [0.1, 0.15) is 38.6 Å². The van der Waals surface area contributed by atoms with Gasteiger partial charge in [0.1, 0.15) is 42.8 Å². The van der Waals surface area contributed by atoms with Gasteiger partial charge < -0.3 is 25.0 Å². The first-order chi connectivity index (χ1) is 22.1. The molecule has 0 saturated carbocycles. The summed E-state index contributed by atoms with van der Waals surface area (Å²) in [7, 11) is -9.11. The van der Waals surface area contributed by atoms with E-state index in [9.17, 15) is 18.9 Å². The van der Waals surface area contributed by atoms with Crippen molar-refractivity contribution in [2.45, 2.75) is 57.0 Å². The molecule has 5 aromatic heterocycles. The van der Waals surface area contributed by atoms with Gasteiger partial charge in [-0.25, -0.2) is 39.0 Å². The summed E-state index contributed by atoms with van der Waals surface area (Å²) in [6.07, 6.45) is 6.47. The second-order valence-corrected chi connectivity index (χ2v) is 13.4. The SMILES string of the molecule is CCOP(=O)(O)OC[C@H]1O[C@@H](n2cnc3c2ncn2ccnc32)C[C@@H]1OP(=O)(O)OC[C@@H]1CC[C@H](n2cnc3c(N)ncnc32)O1. The number of imidazole rings is 3. The minimum absolute atomic E-state index is 0.0275. The van der Waals surface area contributed by atoms with Crippen LogP contribution in [0.4, 0.5) is 5.82 Å². The van der Waals surface area contributed by atoms with E-state index in [1.54, 1.807) is 38.6 Å². The number of anilines is 1. The number of ether oxygens (including phenoxy) is 2. The number of aromatic nitrogens is 9. The van der Waals surface area contributed by atoms with Gasteiger partial charge in [0.05, 0.1) is 38.6 Å². The monoisotopic (exact) mass is 680 g/mol. The van der Waals surface area contributed by atoms with Crippen LogP contribution in [-0.4, -0.2) is 91.4 Å². The van der Waals surface area contributed by atoms with Crippen molar-refractivity contribution in [1.29, 1.82) is 0 Å². The zero-order chi connectivity index (χ0) is 32.1. The van der Waals surface area contributed by atoms with Crippen LogP contribution in [0.25, 0.3) is 28.0 Å². The van der Waals surface area contributed by atoms with Gasteiger partial charge >= 0.3 is 15.6 Å². The van der Waals surface area contributed by atoms with Crippen molar-refractivity contribution in [3.63, 3.8) is 0 Å². The number of hydrogen-bond acceptors (Lipinski definition) is 15. The normalized spacial score (nSPS) is 26.3. The lowest BCUT2D eigenvalue weighted by atomic mass is 10.2. The van der Waals surface area contributed by atoms with Crippen molar-refractivity contribution in [2.24, 2.45) is 0 Å². The van der Waals surface area contributed by atoms with Gasteiger partial charge in [-0.15, -0.1) is 0 Å². The highest BCUT2D eigenvalue weighted by atomic mass is 31.2. The number of fused-ring (bicyclic) bond motifs is 4. The van der Waals surface area contributed by atoms with E-state index >= 15 is 0 Å². The van der Waals surface area contributed by atoms with Gasteiger partial charge in [-0.1, -0.05) is 0 Å². The fourth-order valence-electron chi connectivity index (χ4n) is 5.53. The average Bonchev–Trinajstić information content (AvgIpc) is 3.84. The lowest BCUT2D eigenvalue weighted by molar-refractivity contribution is -0.0486. The molecule has 5 aromatic rings. The first kappa shape index (κ1) is 31.2. The minimum atomic E-state index is -4.70. The van der Waals surface area contributed by atoms with Crippen molar-refractivity contribution in [1.82, 2.24) is 43.4 Å². The maximum absolute atomic E-state index is 13.2. The summed E-state index contributed by atoms with van der Waals surface area (Å²) in [5.74, 6) is 0.245. The van der Waals surface area contributed by atoms with Crippen molar-refractivity contribution in [3.05, 3.63) is 37.7 Å². The molecular weight excluding hydrogens is 650 g/mol. The van der Waals surface area contributed by atoms with Gasteiger partial charge in [0.25, 0.3) is 0 Å². The molecule has 2 fully saturated rings. The summed E-state index contributed by atoms with van der Waals surface area (Å²) in [6.45, 7) is 0.726. The van der Waals surface area contributed by atoms with Gasteiger partial charge in [-0.2, -0.15) is 0 Å². The Balaban J connectivity index is 1.03. The topological polar surface area (TPSA) is 248 Å². The van der Waals surface area contributed by atoms with E-state index in [0.29, 0.717) is 40.8 Å². The molecule has 2 saturated heterocycles. The molecule has 0 amide bonds. The molecule has 22 heteroatoms. The van der Waals surface area contributed by atoms with Gasteiger partial charge in [-0.3, -0.25) is 31.6 Å². The Hall–Kier alpha value is -3.42. The van der Waals surface area contributed by atoms with Gasteiger partial charge in [0, 0.05) is 18.8 Å². The molecule has 7 heterocycles. The summed E-state index contributed by atoms with van der Waals surface area (Å²) in [4.78, 5) is 46.2. The van der Waals surface area contributed by atoms with Crippen molar-refractivity contribution in [3.8, 4) is 0 Å². The summed E-state index contributed by atoms with van der Waals surface area (Å²) in [5.41, 5.74) is 8.37. The van der Waals surface area contributed by atoms with E-state index in [2.05, 4.69) is 29.9 Å². The molecule has 7 rings (SSSR count). The largest absolute Gasteiger partial charge is 0.472 e. The molecule has 46 heavy (non-hydrogen) atoms. The van der Waals surface area contributed by atoms with E-state index in [4.69, 9.17) is 33.3 Å². The first-order valence-corrected chi connectivity index (χ1v) is 17.3. The van der Waals surface area contributed by atoms with Crippen LogP contribution in [0.5, 0.6) is 0 Å². The quantitative estimate of drug-likeness (QED) is 0.160. The van der Waals surface area contributed by atoms with Crippen LogP contribution in [0, 0.1) is 0 Å². The molecule has 246 valence electrons. The summed E-state index contributed by atoms with van der Waals surface area (Å²) >= 11 is 0. The third-order valence-electron chi connectivity index (χ3n) is 7.61. The predicted octanol–water partition coefficient (Wildman–Crippen LogP) is 2.12. The Morgan fingerprint density at radius 2 is 1.63 bits per heavy atom. The molecule has 2 aliphatic heterocycles. The Kier molecular flexibility index (Phi) is 8.35. The second kappa shape index (κ2) is 12.3. The number of nitrogen functional groups attached to an aromatic ring is 1. The zero-order valence-electron chi connectivity index (χ0n) is 24.3. The number of rotatable bonds is 12. The Bertz CT molecular complexity index is 1970. The van der Waals surface area contributed by atoms with Crippen LogP contribution in [0.3, 0.4) is 0 Å². The number of phosphoric acid groups is 2. The van der Waals surface area contributed by atoms with E-state index in [0.717, 1.165) is 0 Å². The molecule has 0 aliphatic carbocycles. The number of nitrogens with two attached hydrogens (primary N) is 1. The number of hydrogen-bond donors (Lipinski definition) is 3. The number of nitrogens with zero attached hydrogens (tertiary/aromatic N) is 9. The van der Waals surface area contributed by atoms with Gasteiger partial charge in [-0.05, 0) is 19.8 Å². The van der Waals surface area contributed by atoms with Crippen molar-refractivity contribution >= 4 is 49.4 Å².